The van der Waals surface area contributed by atoms with E-state index in [1.165, 1.54) is 50.5 Å². The predicted molar refractivity (Wildman–Crippen MR) is 107 cm³/mol. The zero-order chi connectivity index (χ0) is 17.9. The number of nitrogens with zero attached hydrogens (tertiary/aromatic N) is 1. The van der Waals surface area contributed by atoms with Gasteiger partial charge in [-0.05, 0) is 56.6 Å². The number of rotatable bonds is 4. The normalized spacial score (nSPS) is 29.5. The second-order valence-electron chi connectivity index (χ2n) is 8.40. The fourth-order valence-electron chi connectivity index (χ4n) is 5.63. The lowest BCUT2D eigenvalue weighted by Crippen LogP contribution is -2.59. The summed E-state index contributed by atoms with van der Waals surface area (Å²) in [7, 11) is 0. The minimum absolute atomic E-state index is 0.0386. The minimum Gasteiger partial charge on any atom is -0.335 e. The van der Waals surface area contributed by atoms with Gasteiger partial charge >= 0.3 is 6.03 Å². The van der Waals surface area contributed by atoms with Gasteiger partial charge in [0.1, 0.15) is 0 Å². The van der Waals surface area contributed by atoms with Crippen LogP contribution in [-0.2, 0) is 6.42 Å². The van der Waals surface area contributed by atoms with Gasteiger partial charge in [0, 0.05) is 29.9 Å². The number of benzene rings is 1. The lowest BCUT2D eigenvalue weighted by molar-refractivity contribution is -0.00680. The number of nitrogens with one attached hydrogen (secondary N) is 2. The van der Waals surface area contributed by atoms with Gasteiger partial charge in [0.25, 0.3) is 0 Å². The maximum Gasteiger partial charge on any atom is 0.319 e. The summed E-state index contributed by atoms with van der Waals surface area (Å²) in [5.41, 5.74) is 2.13. The maximum atomic E-state index is 12.6. The predicted octanol–water partition coefficient (Wildman–Crippen LogP) is 4.70. The highest BCUT2D eigenvalue weighted by Crippen LogP contribution is 2.39. The second-order valence-corrected chi connectivity index (χ2v) is 8.40. The molecule has 0 radical (unpaired) electrons. The molecule has 2 aliphatic heterocycles. The minimum atomic E-state index is -0.0386. The van der Waals surface area contributed by atoms with Gasteiger partial charge in [-0.15, -0.1) is 0 Å². The summed E-state index contributed by atoms with van der Waals surface area (Å²) in [5.74, 6) is 0. The lowest BCUT2D eigenvalue weighted by Gasteiger charge is -2.51. The Kier molecular flexibility index (Phi) is 5.49. The van der Waals surface area contributed by atoms with Gasteiger partial charge in [-0.1, -0.05) is 44.4 Å². The summed E-state index contributed by atoms with van der Waals surface area (Å²) in [6.07, 6.45) is 12.7. The number of hydrogen-bond acceptors (Lipinski definition) is 2. The van der Waals surface area contributed by atoms with Crippen molar-refractivity contribution in [1.29, 1.82) is 0 Å². The number of fused-ring (bicyclic) bond motifs is 2. The van der Waals surface area contributed by atoms with E-state index < -0.39 is 0 Å². The van der Waals surface area contributed by atoms with E-state index in [1.807, 2.05) is 18.2 Å². The third-order valence-electron chi connectivity index (χ3n) is 6.76. The number of aryl methyl sites for hydroxylation is 1. The molecule has 0 aromatic heterocycles. The van der Waals surface area contributed by atoms with Crippen LogP contribution in [0.5, 0.6) is 0 Å². The highest BCUT2D eigenvalue weighted by atomic mass is 16.2. The van der Waals surface area contributed by atoms with Crippen molar-refractivity contribution in [1.82, 2.24) is 10.2 Å². The Balaban J connectivity index is 1.36. The first-order valence-corrected chi connectivity index (χ1v) is 10.7. The Labute approximate surface area is 157 Å². The van der Waals surface area contributed by atoms with Crippen LogP contribution >= 0.6 is 0 Å². The largest absolute Gasteiger partial charge is 0.335 e. The van der Waals surface area contributed by atoms with Crippen molar-refractivity contribution in [2.75, 3.05) is 5.32 Å². The highest BCUT2D eigenvalue weighted by molar-refractivity contribution is 5.90. The van der Waals surface area contributed by atoms with Crippen molar-refractivity contribution in [3.8, 4) is 0 Å². The van der Waals surface area contributed by atoms with E-state index in [4.69, 9.17) is 0 Å². The summed E-state index contributed by atoms with van der Waals surface area (Å²) >= 11 is 0. The molecule has 1 aromatic carbocycles. The van der Waals surface area contributed by atoms with E-state index in [2.05, 4.69) is 28.5 Å². The van der Waals surface area contributed by atoms with Crippen LogP contribution in [-0.4, -0.2) is 35.1 Å². The molecule has 0 unspecified atom stereocenters. The first kappa shape index (κ1) is 17.8. The van der Waals surface area contributed by atoms with Gasteiger partial charge in [0.05, 0.1) is 0 Å². The zero-order valence-electron chi connectivity index (χ0n) is 16.0. The molecule has 2 amide bonds. The van der Waals surface area contributed by atoms with E-state index in [9.17, 15) is 4.79 Å². The first-order valence-electron chi connectivity index (χ1n) is 10.7. The molecule has 3 fully saturated rings. The highest BCUT2D eigenvalue weighted by Gasteiger charge is 2.42. The SMILES string of the molecule is CCc1ccccc1NC(=O)NC1C[C@H]2CCC[C@H](C1)N2C1CCCC1. The molecule has 3 aliphatic rings. The molecule has 2 saturated heterocycles. The van der Waals surface area contributed by atoms with Crippen LogP contribution in [0.4, 0.5) is 10.5 Å². The molecule has 4 rings (SSSR count). The van der Waals surface area contributed by atoms with Crippen LogP contribution in [0, 0.1) is 0 Å². The van der Waals surface area contributed by atoms with Gasteiger partial charge in [0.15, 0.2) is 0 Å². The average Bonchev–Trinajstić information content (AvgIpc) is 3.15. The Morgan fingerprint density at radius 3 is 2.35 bits per heavy atom. The van der Waals surface area contributed by atoms with Crippen molar-refractivity contribution in [2.45, 2.75) is 95.3 Å². The third kappa shape index (κ3) is 3.75. The molecule has 4 nitrogen and oxygen atoms in total. The van der Waals surface area contributed by atoms with Crippen molar-refractivity contribution in [3.63, 3.8) is 0 Å². The number of amides is 2. The average molecular weight is 356 g/mol. The first-order chi connectivity index (χ1) is 12.7. The molecule has 1 saturated carbocycles. The van der Waals surface area contributed by atoms with E-state index in [0.29, 0.717) is 18.1 Å². The Bertz CT molecular complexity index is 612. The maximum absolute atomic E-state index is 12.6. The number of para-hydroxylation sites is 1. The van der Waals surface area contributed by atoms with Crippen LogP contribution in [0.1, 0.15) is 70.3 Å². The molecule has 26 heavy (non-hydrogen) atoms. The van der Waals surface area contributed by atoms with Gasteiger partial charge in [-0.3, -0.25) is 4.90 Å². The molecule has 1 aromatic rings. The fraction of sp³-hybridized carbons (Fsp3) is 0.682. The van der Waals surface area contributed by atoms with Crippen LogP contribution in [0.15, 0.2) is 24.3 Å². The summed E-state index contributed by atoms with van der Waals surface area (Å²) in [5, 5.41) is 6.36. The van der Waals surface area contributed by atoms with Crippen molar-refractivity contribution in [2.24, 2.45) is 0 Å². The zero-order valence-corrected chi connectivity index (χ0v) is 16.0. The van der Waals surface area contributed by atoms with E-state index in [-0.39, 0.29) is 6.03 Å². The number of urea groups is 1. The van der Waals surface area contributed by atoms with Crippen LogP contribution in [0.3, 0.4) is 0 Å². The summed E-state index contributed by atoms with van der Waals surface area (Å²) in [6, 6.07) is 10.5. The molecule has 2 bridgehead atoms. The Morgan fingerprint density at radius 2 is 1.65 bits per heavy atom. The summed E-state index contributed by atoms with van der Waals surface area (Å²) < 4.78 is 0. The van der Waals surface area contributed by atoms with Gasteiger partial charge in [-0.25, -0.2) is 4.79 Å². The summed E-state index contributed by atoms with van der Waals surface area (Å²) in [4.78, 5) is 15.4. The van der Waals surface area contributed by atoms with E-state index in [0.717, 1.165) is 31.0 Å². The van der Waals surface area contributed by atoms with Crippen molar-refractivity contribution in [3.05, 3.63) is 29.8 Å². The van der Waals surface area contributed by atoms with Gasteiger partial charge in [0.2, 0.25) is 0 Å². The van der Waals surface area contributed by atoms with Crippen LogP contribution in [0.2, 0.25) is 0 Å². The monoisotopic (exact) mass is 355 g/mol. The standard InChI is InChI=1S/C22H33N3O/c1-2-16-8-3-6-13-21(16)24-22(26)23-17-14-19-11-7-12-20(15-17)25(19)18-9-4-5-10-18/h3,6,8,13,17-20H,2,4-5,7,9-12,14-15H2,1H3,(H2,23,24,26)/t19-,20-/m1/s1. The third-order valence-corrected chi connectivity index (χ3v) is 6.76. The van der Waals surface area contributed by atoms with E-state index >= 15 is 0 Å². The Hall–Kier alpha value is -1.55. The molecular weight excluding hydrogens is 322 g/mol. The number of hydrogen-bond donors (Lipinski definition) is 2. The van der Waals surface area contributed by atoms with Crippen LogP contribution in [0.25, 0.3) is 0 Å². The Morgan fingerprint density at radius 1 is 1.00 bits per heavy atom. The number of piperidine rings is 2. The number of anilines is 1. The van der Waals surface area contributed by atoms with Crippen molar-refractivity contribution >= 4 is 11.7 Å². The second kappa shape index (κ2) is 7.99. The van der Waals surface area contributed by atoms with Crippen LogP contribution < -0.4 is 10.6 Å². The molecule has 0 spiro atoms. The van der Waals surface area contributed by atoms with Gasteiger partial charge < -0.3 is 10.6 Å². The summed E-state index contributed by atoms with van der Waals surface area (Å²) in [6.45, 7) is 2.12. The topological polar surface area (TPSA) is 44.4 Å². The molecule has 1 aliphatic carbocycles. The quantitative estimate of drug-likeness (QED) is 0.822. The molecule has 2 heterocycles. The molecule has 2 atom stereocenters. The molecule has 4 heteroatoms. The molecule has 142 valence electrons. The smallest absolute Gasteiger partial charge is 0.319 e. The van der Waals surface area contributed by atoms with E-state index in [1.54, 1.807) is 0 Å². The molecular formula is C22H33N3O. The fourth-order valence-corrected chi connectivity index (χ4v) is 5.63. The number of carbonyl (C=O) groups excluding carboxylic acids is 1. The van der Waals surface area contributed by atoms with Gasteiger partial charge in [-0.2, -0.15) is 0 Å². The van der Waals surface area contributed by atoms with Crippen molar-refractivity contribution < 1.29 is 4.79 Å². The lowest BCUT2D eigenvalue weighted by atomic mass is 9.80. The molecule has 2 N–H and O–H groups in total. The number of carbonyl (C=O) groups is 1.